The third kappa shape index (κ3) is 3.45. The molecule has 17 heavy (non-hydrogen) atoms. The van der Waals surface area contributed by atoms with Crippen LogP contribution >= 0.6 is 0 Å². The quantitative estimate of drug-likeness (QED) is 0.713. The molecule has 0 bridgehead atoms. The SMILES string of the molecule is OCCC1(CNC/C=C/c2ccco2)CCC1. The van der Waals surface area contributed by atoms with Gasteiger partial charge in [-0.3, -0.25) is 0 Å². The van der Waals surface area contributed by atoms with Crippen molar-refractivity contribution in [3.05, 3.63) is 30.2 Å². The summed E-state index contributed by atoms with van der Waals surface area (Å²) in [6.45, 7) is 2.17. The van der Waals surface area contributed by atoms with E-state index >= 15 is 0 Å². The van der Waals surface area contributed by atoms with Crippen LogP contribution < -0.4 is 5.32 Å². The van der Waals surface area contributed by atoms with Gasteiger partial charge in [0.1, 0.15) is 5.76 Å². The van der Waals surface area contributed by atoms with Gasteiger partial charge in [-0.2, -0.15) is 0 Å². The second kappa shape index (κ2) is 6.03. The van der Waals surface area contributed by atoms with Crippen LogP contribution in [0.1, 0.15) is 31.4 Å². The largest absolute Gasteiger partial charge is 0.465 e. The van der Waals surface area contributed by atoms with E-state index in [9.17, 15) is 0 Å². The Labute approximate surface area is 103 Å². The van der Waals surface area contributed by atoms with Gasteiger partial charge >= 0.3 is 0 Å². The highest BCUT2D eigenvalue weighted by Gasteiger charge is 2.35. The first kappa shape index (κ1) is 12.4. The van der Waals surface area contributed by atoms with Crippen LogP contribution in [0.2, 0.25) is 0 Å². The van der Waals surface area contributed by atoms with Gasteiger partial charge in [-0.05, 0) is 42.9 Å². The van der Waals surface area contributed by atoms with Gasteiger partial charge in [-0.15, -0.1) is 0 Å². The van der Waals surface area contributed by atoms with E-state index in [2.05, 4.69) is 11.4 Å². The molecule has 0 aromatic carbocycles. The lowest BCUT2D eigenvalue weighted by Crippen LogP contribution is -2.40. The molecular weight excluding hydrogens is 214 g/mol. The zero-order valence-electron chi connectivity index (χ0n) is 10.2. The van der Waals surface area contributed by atoms with Crippen LogP contribution in [0.4, 0.5) is 0 Å². The second-order valence-corrected chi connectivity index (χ2v) is 4.88. The maximum Gasteiger partial charge on any atom is 0.126 e. The first-order valence-electron chi connectivity index (χ1n) is 6.36. The summed E-state index contributed by atoms with van der Waals surface area (Å²) in [5.41, 5.74) is 0.368. The van der Waals surface area contributed by atoms with Gasteiger partial charge in [0.15, 0.2) is 0 Å². The highest BCUT2D eigenvalue weighted by Crippen LogP contribution is 2.42. The third-order valence-electron chi connectivity index (χ3n) is 3.64. The molecule has 1 heterocycles. The number of rotatable bonds is 7. The number of hydrogen-bond donors (Lipinski definition) is 2. The van der Waals surface area contributed by atoms with E-state index in [0.717, 1.165) is 25.3 Å². The van der Waals surface area contributed by atoms with Gasteiger partial charge < -0.3 is 14.8 Å². The van der Waals surface area contributed by atoms with Crippen LogP contribution in [0.25, 0.3) is 6.08 Å². The standard InChI is InChI=1S/C14H21NO2/c16-10-8-14(6-3-7-14)12-15-9-1-4-13-5-2-11-17-13/h1-2,4-5,11,15-16H,3,6-10,12H2/b4-1+. The molecule has 0 atom stereocenters. The molecular formula is C14H21NO2. The first-order chi connectivity index (χ1) is 8.35. The normalized spacial score (nSPS) is 18.4. The maximum atomic E-state index is 9.04. The molecule has 1 aromatic heterocycles. The first-order valence-corrected chi connectivity index (χ1v) is 6.36. The number of hydrogen-bond acceptors (Lipinski definition) is 3. The van der Waals surface area contributed by atoms with E-state index in [1.165, 1.54) is 19.3 Å². The van der Waals surface area contributed by atoms with Crippen molar-refractivity contribution < 1.29 is 9.52 Å². The summed E-state index contributed by atoms with van der Waals surface area (Å²) in [5.74, 6) is 0.889. The molecule has 0 unspecified atom stereocenters. The van der Waals surface area contributed by atoms with Crippen molar-refractivity contribution in [2.45, 2.75) is 25.7 Å². The van der Waals surface area contributed by atoms with Crippen molar-refractivity contribution in [3.8, 4) is 0 Å². The Morgan fingerprint density at radius 1 is 1.47 bits per heavy atom. The topological polar surface area (TPSA) is 45.4 Å². The van der Waals surface area contributed by atoms with Gasteiger partial charge in [0.2, 0.25) is 0 Å². The second-order valence-electron chi connectivity index (χ2n) is 4.88. The fourth-order valence-electron chi connectivity index (χ4n) is 2.41. The molecule has 3 nitrogen and oxygen atoms in total. The Morgan fingerprint density at radius 3 is 2.94 bits per heavy atom. The number of aliphatic hydroxyl groups excluding tert-OH is 1. The van der Waals surface area contributed by atoms with E-state index in [4.69, 9.17) is 9.52 Å². The fourth-order valence-corrected chi connectivity index (χ4v) is 2.41. The van der Waals surface area contributed by atoms with Crippen molar-refractivity contribution in [1.82, 2.24) is 5.32 Å². The fraction of sp³-hybridized carbons (Fsp3) is 0.571. The van der Waals surface area contributed by atoms with E-state index in [1.807, 2.05) is 18.2 Å². The highest BCUT2D eigenvalue weighted by atomic mass is 16.3. The molecule has 0 spiro atoms. The molecule has 2 N–H and O–H groups in total. The summed E-state index contributed by atoms with van der Waals surface area (Å²) in [6, 6.07) is 3.83. The Hall–Kier alpha value is -1.06. The molecule has 1 aliphatic rings. The molecule has 3 heteroatoms. The van der Waals surface area contributed by atoms with Crippen molar-refractivity contribution in [2.24, 2.45) is 5.41 Å². The Balaban J connectivity index is 1.65. The number of aliphatic hydroxyl groups is 1. The Morgan fingerprint density at radius 2 is 2.35 bits per heavy atom. The van der Waals surface area contributed by atoms with Gasteiger partial charge in [-0.25, -0.2) is 0 Å². The minimum absolute atomic E-state index is 0.309. The van der Waals surface area contributed by atoms with E-state index < -0.39 is 0 Å². The zero-order chi connectivity index (χ0) is 12.0. The average Bonchev–Trinajstić information content (AvgIpc) is 2.78. The summed E-state index contributed by atoms with van der Waals surface area (Å²) in [7, 11) is 0. The van der Waals surface area contributed by atoms with Gasteiger partial charge in [0.05, 0.1) is 6.26 Å². The third-order valence-corrected chi connectivity index (χ3v) is 3.64. The molecule has 0 aliphatic heterocycles. The molecule has 1 aromatic rings. The molecule has 2 rings (SSSR count). The molecule has 0 radical (unpaired) electrons. The minimum Gasteiger partial charge on any atom is -0.465 e. The molecule has 1 saturated carbocycles. The predicted molar refractivity (Wildman–Crippen MR) is 68.6 cm³/mol. The summed E-state index contributed by atoms with van der Waals surface area (Å²) < 4.78 is 5.20. The van der Waals surface area contributed by atoms with E-state index in [0.29, 0.717) is 12.0 Å². The zero-order valence-corrected chi connectivity index (χ0v) is 10.2. The van der Waals surface area contributed by atoms with Crippen molar-refractivity contribution in [3.63, 3.8) is 0 Å². The van der Waals surface area contributed by atoms with Crippen LogP contribution in [0, 0.1) is 5.41 Å². The van der Waals surface area contributed by atoms with Crippen molar-refractivity contribution in [2.75, 3.05) is 19.7 Å². The lowest BCUT2D eigenvalue weighted by molar-refractivity contribution is 0.0875. The molecule has 0 amide bonds. The van der Waals surface area contributed by atoms with E-state index in [-0.39, 0.29) is 0 Å². The monoisotopic (exact) mass is 235 g/mol. The van der Waals surface area contributed by atoms with Gasteiger partial charge in [0, 0.05) is 19.7 Å². The molecule has 0 saturated heterocycles. The molecule has 94 valence electrons. The minimum atomic E-state index is 0.309. The summed E-state index contributed by atoms with van der Waals surface area (Å²) >= 11 is 0. The average molecular weight is 235 g/mol. The number of furan rings is 1. The van der Waals surface area contributed by atoms with E-state index in [1.54, 1.807) is 6.26 Å². The Kier molecular flexibility index (Phi) is 4.40. The predicted octanol–water partition coefficient (Wildman–Crippen LogP) is 2.44. The van der Waals surface area contributed by atoms with Gasteiger partial charge in [-0.1, -0.05) is 12.5 Å². The van der Waals surface area contributed by atoms with Crippen LogP contribution in [-0.4, -0.2) is 24.8 Å². The van der Waals surface area contributed by atoms with Crippen molar-refractivity contribution in [1.29, 1.82) is 0 Å². The summed E-state index contributed by atoms with van der Waals surface area (Å²) in [4.78, 5) is 0. The van der Waals surface area contributed by atoms with Crippen LogP contribution in [0.3, 0.4) is 0 Å². The summed E-state index contributed by atoms with van der Waals surface area (Å²) in [5, 5.41) is 12.5. The van der Waals surface area contributed by atoms with Crippen LogP contribution in [-0.2, 0) is 0 Å². The van der Waals surface area contributed by atoms with Crippen LogP contribution in [0.15, 0.2) is 28.9 Å². The highest BCUT2D eigenvalue weighted by molar-refractivity contribution is 5.42. The Bertz CT molecular complexity index is 339. The molecule has 1 aliphatic carbocycles. The summed E-state index contributed by atoms with van der Waals surface area (Å²) in [6.07, 6.45) is 10.5. The smallest absolute Gasteiger partial charge is 0.126 e. The lowest BCUT2D eigenvalue weighted by Gasteiger charge is -2.42. The maximum absolute atomic E-state index is 9.04. The van der Waals surface area contributed by atoms with Gasteiger partial charge in [0.25, 0.3) is 0 Å². The number of nitrogens with one attached hydrogen (secondary N) is 1. The van der Waals surface area contributed by atoms with Crippen molar-refractivity contribution >= 4 is 6.08 Å². The van der Waals surface area contributed by atoms with Crippen LogP contribution in [0.5, 0.6) is 0 Å². The molecule has 1 fully saturated rings. The lowest BCUT2D eigenvalue weighted by atomic mass is 9.67.